The van der Waals surface area contributed by atoms with Gasteiger partial charge in [0.1, 0.15) is 5.82 Å². The molecule has 0 spiro atoms. The van der Waals surface area contributed by atoms with Crippen LogP contribution in [0.25, 0.3) is 5.69 Å². The predicted octanol–water partition coefficient (Wildman–Crippen LogP) is 2.18. The molecular weight excluding hydrogens is 487 g/mol. The van der Waals surface area contributed by atoms with E-state index in [-0.39, 0.29) is 16.7 Å². The number of benzene rings is 2. The number of tetrazole rings is 1. The van der Waals surface area contributed by atoms with E-state index in [1.54, 1.807) is 47.7 Å². The molecule has 36 heavy (non-hydrogen) atoms. The van der Waals surface area contributed by atoms with Gasteiger partial charge in [0.25, 0.3) is 0 Å². The molecule has 0 radical (unpaired) electrons. The Balaban J connectivity index is 1.31. The first kappa shape index (κ1) is 25.7. The van der Waals surface area contributed by atoms with Gasteiger partial charge in [-0.25, -0.2) is 17.6 Å². The molecule has 3 aromatic rings. The molecule has 1 aromatic heterocycles. The van der Waals surface area contributed by atoms with Gasteiger partial charge >= 0.3 is 6.03 Å². The minimum Gasteiger partial charge on any atom is -0.322 e. The number of carbonyl (C=O) groups is 1. The van der Waals surface area contributed by atoms with Gasteiger partial charge in [-0.3, -0.25) is 4.90 Å². The van der Waals surface area contributed by atoms with Crippen molar-refractivity contribution in [3.8, 4) is 5.69 Å². The number of sulfonamides is 1. The third-order valence-electron chi connectivity index (χ3n) is 6.08. The van der Waals surface area contributed by atoms with Crippen molar-refractivity contribution in [2.45, 2.75) is 25.3 Å². The minimum atomic E-state index is -3.55. The first-order valence-electron chi connectivity index (χ1n) is 11.7. The molecule has 2 heterocycles. The molecule has 2 amide bonds. The zero-order valence-corrected chi connectivity index (χ0v) is 21.0. The molecule has 1 fully saturated rings. The molecule has 0 atom stereocenters. The van der Waals surface area contributed by atoms with Crippen LogP contribution in [0, 0.1) is 5.82 Å². The van der Waals surface area contributed by atoms with Gasteiger partial charge in [-0.1, -0.05) is 13.8 Å². The first-order chi connectivity index (χ1) is 17.3. The van der Waals surface area contributed by atoms with E-state index in [4.69, 9.17) is 0 Å². The average Bonchev–Trinajstić information content (AvgIpc) is 3.34. The normalized spacial score (nSPS) is 14.8. The van der Waals surface area contributed by atoms with Crippen LogP contribution in [0.5, 0.6) is 0 Å². The monoisotopic (exact) mass is 516 g/mol. The number of hydrogen-bond donors (Lipinski definition) is 1. The molecule has 1 N–H and O–H groups in total. The van der Waals surface area contributed by atoms with E-state index in [0.29, 0.717) is 63.0 Å². The lowest BCUT2D eigenvalue weighted by Gasteiger charge is -2.34. The Morgan fingerprint density at radius 3 is 2.25 bits per heavy atom. The van der Waals surface area contributed by atoms with E-state index in [9.17, 15) is 17.6 Å². The Morgan fingerprint density at radius 2 is 1.64 bits per heavy atom. The smallest absolute Gasteiger partial charge is 0.321 e. The molecule has 192 valence electrons. The molecule has 1 aliphatic heterocycles. The van der Waals surface area contributed by atoms with Crippen molar-refractivity contribution in [1.82, 2.24) is 34.3 Å². The highest BCUT2D eigenvalue weighted by atomic mass is 32.2. The zero-order valence-electron chi connectivity index (χ0n) is 20.2. The maximum atomic E-state index is 13.2. The van der Waals surface area contributed by atoms with Gasteiger partial charge in [0.05, 0.1) is 17.1 Å². The van der Waals surface area contributed by atoms with Crippen LogP contribution in [0.1, 0.15) is 19.7 Å². The lowest BCUT2D eigenvalue weighted by atomic mass is 10.3. The van der Waals surface area contributed by atoms with Gasteiger partial charge in [0, 0.05) is 45.0 Å². The van der Waals surface area contributed by atoms with Crippen LogP contribution in [-0.2, 0) is 16.6 Å². The number of amides is 2. The van der Waals surface area contributed by atoms with Crippen LogP contribution < -0.4 is 5.32 Å². The van der Waals surface area contributed by atoms with Crippen LogP contribution in [-0.4, -0.2) is 88.0 Å². The number of aromatic nitrogens is 4. The summed E-state index contributed by atoms with van der Waals surface area (Å²) in [6, 6.07) is 11.9. The van der Waals surface area contributed by atoms with Crippen LogP contribution in [0.15, 0.2) is 53.4 Å². The van der Waals surface area contributed by atoms with Crippen molar-refractivity contribution in [1.29, 1.82) is 0 Å². The average molecular weight is 517 g/mol. The van der Waals surface area contributed by atoms with Gasteiger partial charge < -0.3 is 10.2 Å². The second kappa shape index (κ2) is 11.1. The number of hydrogen-bond acceptors (Lipinski definition) is 7. The van der Waals surface area contributed by atoms with Crippen LogP contribution in [0.2, 0.25) is 0 Å². The molecule has 0 bridgehead atoms. The van der Waals surface area contributed by atoms with Crippen molar-refractivity contribution < 1.29 is 17.6 Å². The summed E-state index contributed by atoms with van der Waals surface area (Å²) in [4.78, 5) is 16.8. The van der Waals surface area contributed by atoms with Gasteiger partial charge in [-0.15, -0.1) is 5.10 Å². The first-order valence-corrected chi connectivity index (χ1v) is 13.2. The van der Waals surface area contributed by atoms with Crippen LogP contribution >= 0.6 is 0 Å². The van der Waals surface area contributed by atoms with Crippen LogP contribution in [0.4, 0.5) is 14.9 Å². The number of nitrogens with one attached hydrogen (secondary N) is 1. The fourth-order valence-corrected chi connectivity index (χ4v) is 5.48. The molecule has 0 aliphatic carbocycles. The number of urea groups is 1. The van der Waals surface area contributed by atoms with E-state index in [1.165, 1.54) is 28.6 Å². The maximum Gasteiger partial charge on any atom is 0.321 e. The van der Waals surface area contributed by atoms with Gasteiger partial charge in [-0.05, 0) is 59.0 Å². The minimum absolute atomic E-state index is 0.195. The standard InChI is InChI=1S/C23H29FN8O3S/c1-3-31(4-2)36(34,35)21-11-7-19(8-12-21)25-23(33)30-15-13-29(14-16-30)17-22-26-27-28-32(22)20-9-5-18(24)6-10-20/h5-12H,3-4,13-17H2,1-2H3,(H,25,33). The fraction of sp³-hybridized carbons (Fsp3) is 0.391. The number of nitrogens with zero attached hydrogens (tertiary/aromatic N) is 7. The van der Waals surface area contributed by atoms with Crippen molar-refractivity contribution in [2.24, 2.45) is 0 Å². The SMILES string of the molecule is CCN(CC)S(=O)(=O)c1ccc(NC(=O)N2CCN(Cc3nnnn3-c3ccc(F)cc3)CC2)cc1. The number of piperazine rings is 1. The summed E-state index contributed by atoms with van der Waals surface area (Å²) < 4.78 is 41.5. The number of anilines is 1. The molecule has 4 rings (SSSR count). The molecule has 0 unspecified atom stereocenters. The summed E-state index contributed by atoms with van der Waals surface area (Å²) in [5.41, 5.74) is 1.20. The molecule has 0 saturated carbocycles. The third kappa shape index (κ3) is 5.69. The molecule has 13 heteroatoms. The second-order valence-corrected chi connectivity index (χ2v) is 10.2. The fourth-order valence-electron chi connectivity index (χ4n) is 4.02. The highest BCUT2D eigenvalue weighted by Crippen LogP contribution is 2.19. The Labute approximate surface area is 209 Å². The van der Waals surface area contributed by atoms with Crippen molar-refractivity contribution in [3.63, 3.8) is 0 Å². The van der Waals surface area contributed by atoms with Gasteiger partial charge in [0.2, 0.25) is 10.0 Å². The maximum absolute atomic E-state index is 13.2. The summed E-state index contributed by atoms with van der Waals surface area (Å²) in [6.45, 7) is 7.15. The molecule has 1 aliphatic rings. The van der Waals surface area contributed by atoms with Crippen molar-refractivity contribution in [2.75, 3.05) is 44.6 Å². The summed E-state index contributed by atoms with van der Waals surface area (Å²) in [7, 11) is -3.55. The number of rotatable bonds is 8. The number of halogens is 1. The van der Waals surface area contributed by atoms with E-state index < -0.39 is 10.0 Å². The molecular formula is C23H29FN8O3S. The van der Waals surface area contributed by atoms with Crippen molar-refractivity contribution in [3.05, 3.63) is 60.2 Å². The topological polar surface area (TPSA) is 117 Å². The Bertz CT molecular complexity index is 1270. The van der Waals surface area contributed by atoms with Gasteiger partial charge in [0.15, 0.2) is 5.82 Å². The summed E-state index contributed by atoms with van der Waals surface area (Å²) in [5, 5.41) is 14.7. The highest BCUT2D eigenvalue weighted by Gasteiger charge is 2.24. The molecule has 11 nitrogen and oxygen atoms in total. The highest BCUT2D eigenvalue weighted by molar-refractivity contribution is 7.89. The Hall–Kier alpha value is -3.42. The summed E-state index contributed by atoms with van der Waals surface area (Å²) >= 11 is 0. The van der Waals surface area contributed by atoms with E-state index in [0.717, 1.165) is 0 Å². The predicted molar refractivity (Wildman–Crippen MR) is 132 cm³/mol. The van der Waals surface area contributed by atoms with Crippen LogP contribution in [0.3, 0.4) is 0 Å². The van der Waals surface area contributed by atoms with E-state index in [1.807, 2.05) is 0 Å². The Kier molecular flexibility index (Phi) is 7.91. The third-order valence-corrected chi connectivity index (χ3v) is 8.14. The largest absolute Gasteiger partial charge is 0.322 e. The lowest BCUT2D eigenvalue weighted by Crippen LogP contribution is -2.49. The number of carbonyl (C=O) groups excluding carboxylic acids is 1. The van der Waals surface area contributed by atoms with Crippen molar-refractivity contribution >= 4 is 21.7 Å². The molecule has 2 aromatic carbocycles. The lowest BCUT2D eigenvalue weighted by molar-refractivity contribution is 0.140. The van der Waals surface area contributed by atoms with E-state index >= 15 is 0 Å². The zero-order chi connectivity index (χ0) is 25.7. The summed E-state index contributed by atoms with van der Waals surface area (Å²) in [5.74, 6) is 0.294. The molecule has 1 saturated heterocycles. The summed E-state index contributed by atoms with van der Waals surface area (Å²) in [6.07, 6.45) is 0. The van der Waals surface area contributed by atoms with Gasteiger partial charge in [-0.2, -0.15) is 8.99 Å². The quantitative estimate of drug-likeness (QED) is 0.488. The Morgan fingerprint density at radius 1 is 1.00 bits per heavy atom. The second-order valence-electron chi connectivity index (χ2n) is 8.29. The van der Waals surface area contributed by atoms with E-state index in [2.05, 4.69) is 25.7 Å².